The Hall–Kier alpha value is -2.90. The quantitative estimate of drug-likeness (QED) is 0.504. The van der Waals surface area contributed by atoms with Crippen LogP contribution in [0, 0.1) is 6.92 Å². The first-order chi connectivity index (χ1) is 13.9. The van der Waals surface area contributed by atoms with Gasteiger partial charge >= 0.3 is 0 Å². The number of halogens is 2. The monoisotopic (exact) mass is 434 g/mol. The molecule has 29 heavy (non-hydrogen) atoms. The molecule has 0 unspecified atom stereocenters. The fourth-order valence-corrected chi connectivity index (χ4v) is 3.26. The number of rotatable bonds is 7. The SMILES string of the molecule is COc1cc(OC)c(Cl)c(COc2cnc(Nc3c(C)cccc3N)nc2)c1Cl. The smallest absolute Gasteiger partial charge is 0.227 e. The summed E-state index contributed by atoms with van der Waals surface area (Å²) in [4.78, 5) is 8.53. The van der Waals surface area contributed by atoms with Crippen molar-refractivity contribution in [3.63, 3.8) is 0 Å². The Morgan fingerprint density at radius 2 is 1.66 bits per heavy atom. The molecule has 0 saturated carbocycles. The van der Waals surface area contributed by atoms with Gasteiger partial charge in [-0.25, -0.2) is 9.97 Å². The number of anilines is 3. The van der Waals surface area contributed by atoms with Crippen molar-refractivity contribution in [3.8, 4) is 17.2 Å². The van der Waals surface area contributed by atoms with Crippen LogP contribution in [0.3, 0.4) is 0 Å². The van der Waals surface area contributed by atoms with Gasteiger partial charge in [0.05, 0.1) is 48.0 Å². The van der Waals surface area contributed by atoms with Crippen LogP contribution in [-0.4, -0.2) is 24.2 Å². The Labute approximate surface area is 178 Å². The number of para-hydroxylation sites is 1. The molecule has 0 bridgehead atoms. The van der Waals surface area contributed by atoms with Gasteiger partial charge in [0.2, 0.25) is 5.95 Å². The number of nitrogens with zero attached hydrogens (tertiary/aromatic N) is 2. The van der Waals surface area contributed by atoms with Gasteiger partial charge in [-0.3, -0.25) is 0 Å². The molecule has 3 N–H and O–H groups in total. The van der Waals surface area contributed by atoms with Gasteiger partial charge in [-0.2, -0.15) is 0 Å². The summed E-state index contributed by atoms with van der Waals surface area (Å²) in [5.74, 6) is 1.73. The molecule has 1 aromatic heterocycles. The highest BCUT2D eigenvalue weighted by atomic mass is 35.5. The lowest BCUT2D eigenvalue weighted by atomic mass is 10.2. The van der Waals surface area contributed by atoms with Crippen molar-refractivity contribution >= 4 is 40.5 Å². The van der Waals surface area contributed by atoms with E-state index in [2.05, 4.69) is 15.3 Å². The molecule has 0 spiro atoms. The van der Waals surface area contributed by atoms with E-state index >= 15 is 0 Å². The van der Waals surface area contributed by atoms with E-state index in [0.29, 0.717) is 44.5 Å². The predicted molar refractivity (Wildman–Crippen MR) is 115 cm³/mol. The number of nitrogens with two attached hydrogens (primary N) is 1. The number of nitrogens with one attached hydrogen (secondary N) is 1. The van der Waals surface area contributed by atoms with Crippen LogP contribution in [0.25, 0.3) is 0 Å². The van der Waals surface area contributed by atoms with Crippen LogP contribution < -0.4 is 25.3 Å². The average Bonchev–Trinajstić information content (AvgIpc) is 2.72. The minimum absolute atomic E-state index is 0.0894. The topological polar surface area (TPSA) is 91.5 Å². The lowest BCUT2D eigenvalue weighted by Crippen LogP contribution is -2.04. The lowest BCUT2D eigenvalue weighted by molar-refractivity contribution is 0.301. The summed E-state index contributed by atoms with van der Waals surface area (Å²) in [6.45, 7) is 2.04. The summed E-state index contributed by atoms with van der Waals surface area (Å²) in [6.07, 6.45) is 3.09. The number of methoxy groups -OCH3 is 2. The molecule has 0 aliphatic heterocycles. The van der Waals surface area contributed by atoms with E-state index in [1.54, 1.807) is 18.5 Å². The van der Waals surface area contributed by atoms with Crippen molar-refractivity contribution in [2.24, 2.45) is 0 Å². The van der Waals surface area contributed by atoms with Gasteiger partial charge in [0, 0.05) is 11.6 Å². The van der Waals surface area contributed by atoms with Crippen LogP contribution in [0.5, 0.6) is 17.2 Å². The first kappa shape index (κ1) is 20.8. The molecule has 0 aliphatic rings. The summed E-state index contributed by atoms with van der Waals surface area (Å²) in [7, 11) is 3.03. The Kier molecular flexibility index (Phi) is 6.51. The molecule has 0 atom stereocenters. The van der Waals surface area contributed by atoms with Crippen molar-refractivity contribution in [2.75, 3.05) is 25.3 Å². The molecule has 2 aromatic carbocycles. The normalized spacial score (nSPS) is 10.5. The molecule has 7 nitrogen and oxygen atoms in total. The number of aryl methyl sites for hydroxylation is 1. The van der Waals surface area contributed by atoms with Gasteiger partial charge < -0.3 is 25.3 Å². The zero-order chi connectivity index (χ0) is 21.0. The minimum Gasteiger partial charge on any atom is -0.495 e. The van der Waals surface area contributed by atoms with Crippen LogP contribution in [-0.2, 0) is 6.61 Å². The Morgan fingerprint density at radius 1 is 1.03 bits per heavy atom. The van der Waals surface area contributed by atoms with Crippen LogP contribution in [0.1, 0.15) is 11.1 Å². The van der Waals surface area contributed by atoms with Crippen molar-refractivity contribution in [3.05, 3.63) is 57.8 Å². The summed E-state index contributed by atoms with van der Waals surface area (Å²) >= 11 is 12.7. The predicted octanol–water partition coefficient (Wildman–Crippen LogP) is 5.01. The Balaban J connectivity index is 1.74. The standard InChI is InChI=1S/C20H20Cl2N4O3/c1-11-5-4-6-14(23)19(11)26-20-24-8-12(9-25-20)29-10-13-17(21)15(27-2)7-16(28-3)18(13)22/h4-9H,10,23H2,1-3H3,(H,24,25,26). The van der Waals surface area contributed by atoms with E-state index in [4.69, 9.17) is 43.1 Å². The second kappa shape index (κ2) is 9.07. The highest BCUT2D eigenvalue weighted by Crippen LogP contribution is 2.40. The largest absolute Gasteiger partial charge is 0.495 e. The van der Waals surface area contributed by atoms with Crippen molar-refractivity contribution in [1.29, 1.82) is 0 Å². The Bertz CT molecular complexity index is 965. The van der Waals surface area contributed by atoms with E-state index in [-0.39, 0.29) is 6.61 Å². The van der Waals surface area contributed by atoms with Crippen LogP contribution in [0.15, 0.2) is 36.7 Å². The number of benzene rings is 2. The highest BCUT2D eigenvalue weighted by molar-refractivity contribution is 6.37. The molecule has 9 heteroatoms. The van der Waals surface area contributed by atoms with E-state index in [1.165, 1.54) is 14.2 Å². The number of nitrogen functional groups attached to an aromatic ring is 1. The molecular weight excluding hydrogens is 415 g/mol. The maximum absolute atomic E-state index is 6.36. The van der Waals surface area contributed by atoms with Gasteiger partial charge in [0.1, 0.15) is 18.1 Å². The van der Waals surface area contributed by atoms with Gasteiger partial charge in [-0.15, -0.1) is 0 Å². The van der Waals surface area contributed by atoms with Gasteiger partial charge in [0.25, 0.3) is 0 Å². The average molecular weight is 435 g/mol. The summed E-state index contributed by atoms with van der Waals surface area (Å²) < 4.78 is 16.3. The minimum atomic E-state index is 0.0894. The maximum atomic E-state index is 6.36. The van der Waals surface area contributed by atoms with Crippen molar-refractivity contribution in [2.45, 2.75) is 13.5 Å². The maximum Gasteiger partial charge on any atom is 0.227 e. The van der Waals surface area contributed by atoms with Crippen molar-refractivity contribution < 1.29 is 14.2 Å². The molecule has 152 valence electrons. The molecule has 0 radical (unpaired) electrons. The molecule has 3 rings (SSSR count). The third-order valence-corrected chi connectivity index (χ3v) is 5.05. The lowest BCUT2D eigenvalue weighted by Gasteiger charge is -2.15. The van der Waals surface area contributed by atoms with E-state index in [0.717, 1.165) is 11.3 Å². The van der Waals surface area contributed by atoms with Gasteiger partial charge in [-0.05, 0) is 18.6 Å². The zero-order valence-corrected chi connectivity index (χ0v) is 17.6. The molecule has 0 saturated heterocycles. The number of hydrogen-bond acceptors (Lipinski definition) is 7. The number of hydrogen-bond donors (Lipinski definition) is 2. The fraction of sp³-hybridized carbons (Fsp3) is 0.200. The van der Waals surface area contributed by atoms with Crippen LogP contribution in [0.4, 0.5) is 17.3 Å². The summed E-state index contributed by atoms with van der Waals surface area (Å²) in [6, 6.07) is 7.27. The molecule has 1 heterocycles. The van der Waals surface area contributed by atoms with Gasteiger partial charge in [-0.1, -0.05) is 35.3 Å². The first-order valence-corrected chi connectivity index (χ1v) is 9.36. The number of ether oxygens (including phenoxy) is 3. The molecule has 0 amide bonds. The van der Waals surface area contributed by atoms with Crippen LogP contribution in [0.2, 0.25) is 10.0 Å². The second-order valence-corrected chi connectivity index (χ2v) is 6.84. The Morgan fingerprint density at radius 3 is 2.21 bits per heavy atom. The molecule has 3 aromatic rings. The summed E-state index contributed by atoms with van der Waals surface area (Å²) in [5.41, 5.74) is 8.91. The summed E-state index contributed by atoms with van der Waals surface area (Å²) in [5, 5.41) is 3.82. The third kappa shape index (κ3) is 4.58. The molecular formula is C20H20Cl2N4O3. The first-order valence-electron chi connectivity index (χ1n) is 8.60. The second-order valence-electron chi connectivity index (χ2n) is 6.08. The fourth-order valence-electron chi connectivity index (χ4n) is 2.65. The van der Waals surface area contributed by atoms with Crippen molar-refractivity contribution in [1.82, 2.24) is 9.97 Å². The molecule has 0 fully saturated rings. The molecule has 0 aliphatic carbocycles. The van der Waals surface area contributed by atoms with Gasteiger partial charge in [0.15, 0.2) is 5.75 Å². The zero-order valence-electron chi connectivity index (χ0n) is 16.1. The highest BCUT2D eigenvalue weighted by Gasteiger charge is 2.18. The van der Waals surface area contributed by atoms with E-state index in [9.17, 15) is 0 Å². The number of aromatic nitrogens is 2. The van der Waals surface area contributed by atoms with E-state index in [1.807, 2.05) is 25.1 Å². The third-order valence-electron chi connectivity index (χ3n) is 4.22. The van der Waals surface area contributed by atoms with E-state index < -0.39 is 0 Å². The van der Waals surface area contributed by atoms with Crippen LogP contribution >= 0.6 is 23.2 Å².